The highest BCUT2D eigenvalue weighted by atomic mass is 32.1. The lowest BCUT2D eigenvalue weighted by molar-refractivity contribution is 0.0137. The Bertz CT molecular complexity index is 189. The van der Waals surface area contributed by atoms with E-state index in [4.69, 9.17) is 12.6 Å². The highest BCUT2D eigenvalue weighted by Crippen LogP contribution is 2.66. The molecule has 3 aliphatic carbocycles. The molecular formula is C10H16S. The molecule has 1 heteroatoms. The fourth-order valence-electron chi connectivity index (χ4n) is 3.83. The van der Waals surface area contributed by atoms with E-state index in [1.165, 1.54) is 38.5 Å². The molecule has 3 saturated carbocycles. The number of rotatable bonds is 0. The molecule has 0 radical (unpaired) electrons. The first kappa shape index (κ1) is 6.82. The first-order valence-corrected chi connectivity index (χ1v) is 5.51. The number of hydrogen-bond donors (Lipinski definition) is 1. The Labute approximate surface area is 74.2 Å². The molecule has 62 valence electrons. The van der Waals surface area contributed by atoms with Gasteiger partial charge in [-0.05, 0) is 49.4 Å². The van der Waals surface area contributed by atoms with Crippen LogP contribution in [0, 0.1) is 17.3 Å². The van der Waals surface area contributed by atoms with Gasteiger partial charge in [0.15, 0.2) is 0 Å². The lowest BCUT2D eigenvalue weighted by Gasteiger charge is -2.55. The maximum absolute atomic E-state index is 4.70. The van der Waals surface area contributed by atoms with Crippen molar-refractivity contribution in [2.45, 2.75) is 43.8 Å². The van der Waals surface area contributed by atoms with Gasteiger partial charge in [0.2, 0.25) is 0 Å². The standard InChI is InChI=1S/C10H16S/c11-9-5-8-2-1-7-3-4-10(8,9)6-7/h7-9,11H,1-6H2. The van der Waals surface area contributed by atoms with E-state index in [0.717, 1.165) is 22.5 Å². The van der Waals surface area contributed by atoms with Crippen LogP contribution < -0.4 is 0 Å². The van der Waals surface area contributed by atoms with Gasteiger partial charge in [-0.3, -0.25) is 0 Å². The predicted octanol–water partition coefficient (Wildman–Crippen LogP) is 2.89. The Hall–Kier alpha value is 0.350. The van der Waals surface area contributed by atoms with Gasteiger partial charge in [0, 0.05) is 5.25 Å². The van der Waals surface area contributed by atoms with Crippen molar-refractivity contribution in [1.29, 1.82) is 0 Å². The highest BCUT2D eigenvalue weighted by Gasteiger charge is 2.58. The molecule has 0 amide bonds. The van der Waals surface area contributed by atoms with Crippen molar-refractivity contribution in [1.82, 2.24) is 0 Å². The quantitative estimate of drug-likeness (QED) is 0.528. The van der Waals surface area contributed by atoms with E-state index < -0.39 is 0 Å². The second-order valence-corrected chi connectivity index (χ2v) is 5.49. The summed E-state index contributed by atoms with van der Waals surface area (Å²) in [6, 6.07) is 0. The molecule has 3 aliphatic rings. The second kappa shape index (κ2) is 1.99. The summed E-state index contributed by atoms with van der Waals surface area (Å²) in [6.45, 7) is 0. The summed E-state index contributed by atoms with van der Waals surface area (Å²) in [5, 5.41) is 0.776. The fraction of sp³-hybridized carbons (Fsp3) is 1.00. The lowest BCUT2D eigenvalue weighted by Crippen LogP contribution is -2.50. The van der Waals surface area contributed by atoms with E-state index in [1.807, 2.05) is 0 Å². The Balaban J connectivity index is 1.93. The molecule has 3 fully saturated rings. The van der Waals surface area contributed by atoms with Gasteiger partial charge >= 0.3 is 0 Å². The molecule has 0 aromatic heterocycles. The third kappa shape index (κ3) is 0.690. The van der Waals surface area contributed by atoms with Gasteiger partial charge in [-0.25, -0.2) is 0 Å². The van der Waals surface area contributed by atoms with Crippen LogP contribution in [0.1, 0.15) is 38.5 Å². The van der Waals surface area contributed by atoms with Crippen molar-refractivity contribution in [3.05, 3.63) is 0 Å². The van der Waals surface area contributed by atoms with E-state index >= 15 is 0 Å². The summed E-state index contributed by atoms with van der Waals surface area (Å²) in [5.74, 6) is 2.19. The summed E-state index contributed by atoms with van der Waals surface area (Å²) < 4.78 is 0. The van der Waals surface area contributed by atoms with E-state index in [2.05, 4.69) is 0 Å². The van der Waals surface area contributed by atoms with Crippen LogP contribution in [-0.4, -0.2) is 5.25 Å². The molecule has 1 spiro atoms. The molecule has 0 heterocycles. The molecule has 2 bridgehead atoms. The zero-order valence-corrected chi connectivity index (χ0v) is 7.82. The van der Waals surface area contributed by atoms with Crippen LogP contribution in [0.15, 0.2) is 0 Å². The van der Waals surface area contributed by atoms with Crippen molar-refractivity contribution in [3.8, 4) is 0 Å². The Morgan fingerprint density at radius 3 is 2.82 bits per heavy atom. The van der Waals surface area contributed by atoms with Crippen molar-refractivity contribution in [3.63, 3.8) is 0 Å². The molecule has 0 aliphatic heterocycles. The summed E-state index contributed by atoms with van der Waals surface area (Å²) >= 11 is 4.70. The van der Waals surface area contributed by atoms with Gasteiger partial charge in [0.25, 0.3) is 0 Å². The molecule has 0 N–H and O–H groups in total. The van der Waals surface area contributed by atoms with Crippen LogP contribution in [-0.2, 0) is 0 Å². The minimum Gasteiger partial charge on any atom is -0.175 e. The smallest absolute Gasteiger partial charge is 0.00788 e. The average molecular weight is 168 g/mol. The van der Waals surface area contributed by atoms with Crippen LogP contribution in [0.5, 0.6) is 0 Å². The van der Waals surface area contributed by atoms with E-state index in [-0.39, 0.29) is 0 Å². The summed E-state index contributed by atoms with van der Waals surface area (Å²) in [5.41, 5.74) is 0.756. The van der Waals surface area contributed by atoms with Gasteiger partial charge in [0.05, 0.1) is 0 Å². The molecule has 4 unspecified atom stereocenters. The largest absolute Gasteiger partial charge is 0.175 e. The zero-order chi connectivity index (χ0) is 7.47. The summed E-state index contributed by atoms with van der Waals surface area (Å²) in [7, 11) is 0. The molecule has 3 rings (SSSR count). The van der Waals surface area contributed by atoms with Gasteiger partial charge < -0.3 is 0 Å². The summed E-state index contributed by atoms with van der Waals surface area (Å²) in [6.07, 6.45) is 9.06. The van der Waals surface area contributed by atoms with Crippen LogP contribution in [0.4, 0.5) is 0 Å². The normalized spacial score (nSPS) is 60.3. The third-order valence-electron chi connectivity index (χ3n) is 4.59. The highest BCUT2D eigenvalue weighted by molar-refractivity contribution is 7.81. The fourth-order valence-corrected chi connectivity index (χ4v) is 4.53. The molecule has 0 saturated heterocycles. The molecule has 0 nitrogen and oxygen atoms in total. The third-order valence-corrected chi connectivity index (χ3v) is 5.32. The topological polar surface area (TPSA) is 0 Å². The molecular weight excluding hydrogens is 152 g/mol. The van der Waals surface area contributed by atoms with Crippen molar-refractivity contribution in [2.75, 3.05) is 0 Å². The summed E-state index contributed by atoms with van der Waals surface area (Å²) in [4.78, 5) is 0. The van der Waals surface area contributed by atoms with Gasteiger partial charge in [-0.15, -0.1) is 0 Å². The van der Waals surface area contributed by atoms with Gasteiger partial charge in [-0.1, -0.05) is 6.42 Å². The van der Waals surface area contributed by atoms with E-state index in [1.54, 1.807) is 0 Å². The monoisotopic (exact) mass is 168 g/mol. The van der Waals surface area contributed by atoms with Crippen molar-refractivity contribution in [2.24, 2.45) is 17.3 Å². The Morgan fingerprint density at radius 1 is 1.18 bits per heavy atom. The second-order valence-electron chi connectivity index (χ2n) is 4.87. The number of hydrogen-bond acceptors (Lipinski definition) is 1. The van der Waals surface area contributed by atoms with Crippen LogP contribution >= 0.6 is 12.6 Å². The molecule has 4 atom stereocenters. The van der Waals surface area contributed by atoms with Crippen LogP contribution in [0.3, 0.4) is 0 Å². The minimum absolute atomic E-state index is 0.756. The maximum atomic E-state index is 4.70. The Kier molecular flexibility index (Phi) is 1.23. The number of fused-ring (bicyclic) bond motifs is 1. The minimum atomic E-state index is 0.756. The van der Waals surface area contributed by atoms with E-state index in [9.17, 15) is 0 Å². The SMILES string of the molecule is SC1CC2CCC3CCC12C3. The van der Waals surface area contributed by atoms with Crippen LogP contribution in [0.25, 0.3) is 0 Å². The first-order valence-electron chi connectivity index (χ1n) is 4.99. The Morgan fingerprint density at radius 2 is 2.09 bits per heavy atom. The predicted molar refractivity (Wildman–Crippen MR) is 49.9 cm³/mol. The van der Waals surface area contributed by atoms with Gasteiger partial charge in [0.1, 0.15) is 0 Å². The van der Waals surface area contributed by atoms with Gasteiger partial charge in [-0.2, -0.15) is 12.6 Å². The molecule has 11 heavy (non-hydrogen) atoms. The van der Waals surface area contributed by atoms with Crippen molar-refractivity contribution >= 4 is 12.6 Å². The lowest BCUT2D eigenvalue weighted by atomic mass is 9.54. The van der Waals surface area contributed by atoms with E-state index in [0.29, 0.717) is 0 Å². The average Bonchev–Trinajstić information content (AvgIpc) is 2.39. The first-order chi connectivity index (χ1) is 5.31. The van der Waals surface area contributed by atoms with Crippen LogP contribution in [0.2, 0.25) is 0 Å². The number of thiol groups is 1. The zero-order valence-electron chi connectivity index (χ0n) is 6.92. The maximum Gasteiger partial charge on any atom is 0.00788 e. The molecule has 0 aromatic carbocycles. The van der Waals surface area contributed by atoms with Crippen molar-refractivity contribution < 1.29 is 0 Å². The molecule has 0 aromatic rings.